The highest BCUT2D eigenvalue weighted by Gasteiger charge is 2.32. The second kappa shape index (κ2) is 9.01. The summed E-state index contributed by atoms with van der Waals surface area (Å²) in [5.74, 6) is 0.140. The molecule has 1 amide bonds. The Kier molecular flexibility index (Phi) is 6.32. The molecule has 2 unspecified atom stereocenters. The standard InChI is InChI=1S/C23H28N4O4S/c1-4-13-27-21-8-6-5-7-20(21)24-23(27)25-22(28)18-9-11-19(12-10-18)32(29,30)26-14-16(2)31-17(3)15-26/h5-12,16-17H,4,13-15H2,1-3H3,(H,24,25,28). The van der Waals surface area contributed by atoms with E-state index < -0.39 is 10.0 Å². The Morgan fingerprint density at radius 3 is 2.41 bits per heavy atom. The number of aryl methyl sites for hydroxylation is 1. The molecule has 1 aliphatic heterocycles. The van der Waals surface area contributed by atoms with Crippen molar-refractivity contribution in [3.8, 4) is 0 Å². The van der Waals surface area contributed by atoms with Gasteiger partial charge < -0.3 is 9.30 Å². The molecule has 1 N–H and O–H groups in total. The van der Waals surface area contributed by atoms with Crippen molar-refractivity contribution >= 4 is 32.9 Å². The van der Waals surface area contributed by atoms with Crippen LogP contribution in [0.15, 0.2) is 53.4 Å². The molecular formula is C23H28N4O4S. The maximum absolute atomic E-state index is 13.0. The molecule has 2 atom stereocenters. The molecule has 2 heterocycles. The molecule has 0 saturated carbocycles. The number of carbonyl (C=O) groups is 1. The van der Waals surface area contributed by atoms with E-state index in [0.717, 1.165) is 24.0 Å². The number of fused-ring (bicyclic) bond motifs is 1. The first-order valence-electron chi connectivity index (χ1n) is 10.8. The minimum Gasteiger partial charge on any atom is -0.373 e. The van der Waals surface area contributed by atoms with E-state index in [1.807, 2.05) is 42.7 Å². The van der Waals surface area contributed by atoms with E-state index in [0.29, 0.717) is 24.6 Å². The SMILES string of the molecule is CCCn1c(NC(=O)c2ccc(S(=O)(=O)N3CC(C)OC(C)C3)cc2)nc2ccccc21. The minimum absolute atomic E-state index is 0.161. The lowest BCUT2D eigenvalue weighted by Crippen LogP contribution is -2.48. The Hall–Kier alpha value is -2.75. The molecule has 1 fully saturated rings. The number of hydrogen-bond acceptors (Lipinski definition) is 5. The Morgan fingerprint density at radius 1 is 1.09 bits per heavy atom. The number of benzene rings is 2. The molecule has 0 aliphatic carbocycles. The predicted molar refractivity (Wildman–Crippen MR) is 123 cm³/mol. The zero-order valence-corrected chi connectivity index (χ0v) is 19.3. The van der Waals surface area contributed by atoms with Gasteiger partial charge in [-0.3, -0.25) is 10.1 Å². The van der Waals surface area contributed by atoms with E-state index in [2.05, 4.69) is 17.2 Å². The van der Waals surface area contributed by atoms with E-state index >= 15 is 0 Å². The number of amides is 1. The number of imidazole rings is 1. The molecule has 3 aromatic rings. The van der Waals surface area contributed by atoms with Crippen LogP contribution >= 0.6 is 0 Å². The van der Waals surface area contributed by atoms with Crippen molar-refractivity contribution < 1.29 is 17.9 Å². The van der Waals surface area contributed by atoms with Crippen molar-refractivity contribution in [1.29, 1.82) is 0 Å². The third-order valence-corrected chi connectivity index (χ3v) is 7.31. The number of morpholine rings is 1. The molecule has 170 valence electrons. The van der Waals surface area contributed by atoms with Crippen LogP contribution in [0.4, 0.5) is 5.95 Å². The Labute approximate surface area is 188 Å². The molecular weight excluding hydrogens is 428 g/mol. The number of nitrogens with one attached hydrogen (secondary N) is 1. The lowest BCUT2D eigenvalue weighted by Gasteiger charge is -2.34. The van der Waals surface area contributed by atoms with Crippen molar-refractivity contribution in [2.24, 2.45) is 0 Å². The molecule has 32 heavy (non-hydrogen) atoms. The largest absolute Gasteiger partial charge is 0.373 e. The van der Waals surface area contributed by atoms with Crippen LogP contribution in [-0.4, -0.2) is 53.5 Å². The van der Waals surface area contributed by atoms with Gasteiger partial charge in [-0.15, -0.1) is 0 Å². The Morgan fingerprint density at radius 2 is 1.75 bits per heavy atom. The van der Waals surface area contributed by atoms with Crippen molar-refractivity contribution in [2.75, 3.05) is 18.4 Å². The van der Waals surface area contributed by atoms with Gasteiger partial charge >= 0.3 is 0 Å². The highest BCUT2D eigenvalue weighted by Crippen LogP contribution is 2.23. The average Bonchev–Trinajstić information content (AvgIpc) is 3.10. The van der Waals surface area contributed by atoms with Gasteiger partial charge in [-0.1, -0.05) is 19.1 Å². The summed E-state index contributed by atoms with van der Waals surface area (Å²) in [5, 5.41) is 2.87. The smallest absolute Gasteiger partial charge is 0.257 e. The Bertz CT molecular complexity index is 1210. The summed E-state index contributed by atoms with van der Waals surface area (Å²) < 4.78 is 35.1. The predicted octanol–water partition coefficient (Wildman–Crippen LogP) is 3.50. The summed E-state index contributed by atoms with van der Waals surface area (Å²) in [7, 11) is -3.66. The van der Waals surface area contributed by atoms with E-state index in [4.69, 9.17) is 4.74 Å². The molecule has 2 aromatic carbocycles. The van der Waals surface area contributed by atoms with Crippen LogP contribution in [0.25, 0.3) is 11.0 Å². The molecule has 1 aromatic heterocycles. The fourth-order valence-electron chi connectivity index (χ4n) is 4.05. The number of hydrogen-bond donors (Lipinski definition) is 1. The average molecular weight is 457 g/mol. The van der Waals surface area contributed by atoms with Gasteiger partial charge in [-0.2, -0.15) is 4.31 Å². The summed E-state index contributed by atoms with van der Waals surface area (Å²) in [4.78, 5) is 17.6. The first-order valence-corrected chi connectivity index (χ1v) is 12.3. The number of nitrogens with zero attached hydrogens (tertiary/aromatic N) is 3. The van der Waals surface area contributed by atoms with Gasteiger partial charge in [-0.25, -0.2) is 13.4 Å². The van der Waals surface area contributed by atoms with Crippen molar-refractivity contribution in [2.45, 2.75) is 50.8 Å². The van der Waals surface area contributed by atoms with Crippen LogP contribution in [0.3, 0.4) is 0 Å². The third kappa shape index (κ3) is 4.41. The van der Waals surface area contributed by atoms with Crippen LogP contribution < -0.4 is 5.32 Å². The van der Waals surface area contributed by atoms with Crippen LogP contribution in [0.2, 0.25) is 0 Å². The molecule has 0 bridgehead atoms. The van der Waals surface area contributed by atoms with Crippen LogP contribution in [0, 0.1) is 0 Å². The van der Waals surface area contributed by atoms with E-state index in [1.54, 1.807) is 0 Å². The van der Waals surface area contributed by atoms with Crippen molar-refractivity contribution in [3.05, 3.63) is 54.1 Å². The second-order valence-electron chi connectivity index (χ2n) is 8.13. The fraction of sp³-hybridized carbons (Fsp3) is 0.391. The van der Waals surface area contributed by atoms with E-state index in [-0.39, 0.29) is 23.0 Å². The lowest BCUT2D eigenvalue weighted by atomic mass is 10.2. The van der Waals surface area contributed by atoms with Crippen LogP contribution in [0.1, 0.15) is 37.6 Å². The van der Waals surface area contributed by atoms with Gasteiger partial charge in [0.05, 0.1) is 28.1 Å². The molecule has 0 spiro atoms. The number of carbonyl (C=O) groups excluding carboxylic acids is 1. The first kappa shape index (κ1) is 22.4. The quantitative estimate of drug-likeness (QED) is 0.613. The van der Waals surface area contributed by atoms with Gasteiger partial charge in [0.15, 0.2) is 0 Å². The summed E-state index contributed by atoms with van der Waals surface area (Å²) >= 11 is 0. The molecule has 0 radical (unpaired) electrons. The molecule has 9 heteroatoms. The number of sulfonamides is 1. The van der Waals surface area contributed by atoms with Gasteiger partial charge in [0.1, 0.15) is 0 Å². The van der Waals surface area contributed by atoms with Gasteiger partial charge in [0.25, 0.3) is 5.91 Å². The number of aromatic nitrogens is 2. The normalized spacial score (nSPS) is 19.8. The lowest BCUT2D eigenvalue weighted by molar-refractivity contribution is -0.0440. The third-order valence-electron chi connectivity index (χ3n) is 5.47. The molecule has 8 nitrogen and oxygen atoms in total. The van der Waals surface area contributed by atoms with Crippen LogP contribution in [0.5, 0.6) is 0 Å². The van der Waals surface area contributed by atoms with E-state index in [1.165, 1.54) is 28.6 Å². The summed E-state index contributed by atoms with van der Waals surface area (Å²) in [5.41, 5.74) is 2.13. The number of ether oxygens (including phenoxy) is 1. The Balaban J connectivity index is 1.54. The molecule has 1 aliphatic rings. The maximum atomic E-state index is 13.0. The summed E-state index contributed by atoms with van der Waals surface area (Å²) in [6, 6.07) is 13.7. The highest BCUT2D eigenvalue weighted by molar-refractivity contribution is 7.89. The first-order chi connectivity index (χ1) is 15.3. The van der Waals surface area contributed by atoms with E-state index in [9.17, 15) is 13.2 Å². The minimum atomic E-state index is -3.66. The summed E-state index contributed by atoms with van der Waals surface area (Å²) in [6.45, 7) is 7.12. The van der Waals surface area contributed by atoms with Gasteiger partial charge in [0, 0.05) is 25.2 Å². The van der Waals surface area contributed by atoms with Crippen LogP contribution in [-0.2, 0) is 21.3 Å². The fourth-order valence-corrected chi connectivity index (χ4v) is 5.64. The molecule has 1 saturated heterocycles. The van der Waals surface area contributed by atoms with Gasteiger partial charge in [0.2, 0.25) is 16.0 Å². The maximum Gasteiger partial charge on any atom is 0.257 e. The second-order valence-corrected chi connectivity index (χ2v) is 10.1. The monoisotopic (exact) mass is 456 g/mol. The van der Waals surface area contributed by atoms with Gasteiger partial charge in [-0.05, 0) is 56.7 Å². The number of anilines is 1. The van der Waals surface area contributed by atoms with Crippen molar-refractivity contribution in [3.63, 3.8) is 0 Å². The summed E-state index contributed by atoms with van der Waals surface area (Å²) in [6.07, 6.45) is 0.566. The number of para-hydroxylation sites is 2. The molecule has 4 rings (SSSR count). The topological polar surface area (TPSA) is 93.5 Å². The van der Waals surface area contributed by atoms with Crippen molar-refractivity contribution in [1.82, 2.24) is 13.9 Å². The number of rotatable bonds is 6. The highest BCUT2D eigenvalue weighted by atomic mass is 32.2. The zero-order chi connectivity index (χ0) is 22.9. The zero-order valence-electron chi connectivity index (χ0n) is 18.5.